The van der Waals surface area contributed by atoms with Gasteiger partial charge in [0.15, 0.2) is 11.6 Å². The summed E-state index contributed by atoms with van der Waals surface area (Å²) in [5.74, 6) is -1.39. The molecule has 3 N–H and O–H groups in total. The van der Waals surface area contributed by atoms with Gasteiger partial charge in [-0.05, 0) is 29.7 Å². The van der Waals surface area contributed by atoms with Gasteiger partial charge in [0, 0.05) is 6.04 Å². The summed E-state index contributed by atoms with van der Waals surface area (Å²) in [6.45, 7) is 1.97. The molecule has 0 heterocycles. The van der Waals surface area contributed by atoms with Crippen LogP contribution in [0.1, 0.15) is 29.2 Å². The summed E-state index contributed by atoms with van der Waals surface area (Å²) in [6, 6.07) is 11.6. The van der Waals surface area contributed by atoms with Crippen molar-refractivity contribution in [2.75, 3.05) is 0 Å². The van der Waals surface area contributed by atoms with Gasteiger partial charge in [0.25, 0.3) is 0 Å². The van der Waals surface area contributed by atoms with Crippen molar-refractivity contribution in [1.82, 2.24) is 0 Å². The molecule has 0 aromatic heterocycles. The normalized spacial score (nSPS) is 12.0. The minimum absolute atomic E-state index is 0.162. The molecule has 0 amide bonds. The van der Waals surface area contributed by atoms with E-state index in [4.69, 9.17) is 15.6 Å². The molecular formula is C17H18FNO3. The molecule has 22 heavy (non-hydrogen) atoms. The Hall–Kier alpha value is -2.40. The van der Waals surface area contributed by atoms with Crippen molar-refractivity contribution < 1.29 is 19.0 Å². The lowest BCUT2D eigenvalue weighted by atomic mass is 10.0. The van der Waals surface area contributed by atoms with E-state index in [0.717, 1.165) is 5.56 Å². The van der Waals surface area contributed by atoms with Crippen LogP contribution >= 0.6 is 0 Å². The smallest absolute Gasteiger partial charge is 0.305 e. The van der Waals surface area contributed by atoms with Crippen LogP contribution in [-0.2, 0) is 11.4 Å². The first-order chi connectivity index (χ1) is 10.5. The first-order valence-electron chi connectivity index (χ1n) is 6.91. The first-order valence-corrected chi connectivity index (χ1v) is 6.91. The number of carboxylic acid groups (broad SMARTS) is 1. The summed E-state index contributed by atoms with van der Waals surface area (Å²) in [5.41, 5.74) is 7.74. The number of ether oxygens (including phenoxy) is 1. The second-order valence-corrected chi connectivity index (χ2v) is 5.13. The molecule has 2 rings (SSSR count). The molecule has 2 aromatic rings. The molecule has 0 radical (unpaired) electrons. The molecule has 116 valence electrons. The highest BCUT2D eigenvalue weighted by Gasteiger charge is 2.16. The maximum Gasteiger partial charge on any atom is 0.305 e. The zero-order chi connectivity index (χ0) is 16.1. The van der Waals surface area contributed by atoms with Crippen molar-refractivity contribution >= 4 is 5.97 Å². The molecular weight excluding hydrogens is 285 g/mol. The van der Waals surface area contributed by atoms with Gasteiger partial charge in [-0.25, -0.2) is 4.39 Å². The van der Waals surface area contributed by atoms with Crippen molar-refractivity contribution in [3.8, 4) is 5.75 Å². The Labute approximate surface area is 128 Å². The van der Waals surface area contributed by atoms with Crippen LogP contribution in [0.5, 0.6) is 5.75 Å². The van der Waals surface area contributed by atoms with Gasteiger partial charge in [-0.15, -0.1) is 0 Å². The van der Waals surface area contributed by atoms with E-state index in [2.05, 4.69) is 0 Å². The summed E-state index contributed by atoms with van der Waals surface area (Å²) in [6.07, 6.45) is -0.247. The zero-order valence-corrected chi connectivity index (χ0v) is 12.3. The second kappa shape index (κ2) is 7.04. The lowest BCUT2D eigenvalue weighted by Crippen LogP contribution is -2.15. The Morgan fingerprint density at radius 3 is 2.59 bits per heavy atom. The van der Waals surface area contributed by atoms with E-state index < -0.39 is 17.8 Å². The summed E-state index contributed by atoms with van der Waals surface area (Å²) in [5, 5.41) is 8.75. The van der Waals surface area contributed by atoms with Gasteiger partial charge in [0.2, 0.25) is 0 Å². The van der Waals surface area contributed by atoms with E-state index in [1.54, 1.807) is 13.0 Å². The van der Waals surface area contributed by atoms with Gasteiger partial charge >= 0.3 is 5.97 Å². The summed E-state index contributed by atoms with van der Waals surface area (Å²) >= 11 is 0. The van der Waals surface area contributed by atoms with Gasteiger partial charge in [-0.1, -0.05) is 36.4 Å². The van der Waals surface area contributed by atoms with Crippen molar-refractivity contribution in [3.05, 3.63) is 65.0 Å². The van der Waals surface area contributed by atoms with E-state index in [1.807, 2.05) is 30.3 Å². The van der Waals surface area contributed by atoms with Crippen LogP contribution in [0.3, 0.4) is 0 Å². The number of carbonyl (C=O) groups is 1. The van der Waals surface area contributed by atoms with Crippen molar-refractivity contribution in [1.29, 1.82) is 0 Å². The third-order valence-corrected chi connectivity index (χ3v) is 3.30. The molecule has 0 spiro atoms. The molecule has 0 bridgehead atoms. The average molecular weight is 303 g/mol. The number of hydrogen-bond acceptors (Lipinski definition) is 3. The lowest BCUT2D eigenvalue weighted by Gasteiger charge is -2.15. The highest BCUT2D eigenvalue weighted by atomic mass is 19.1. The second-order valence-electron chi connectivity index (χ2n) is 5.13. The van der Waals surface area contributed by atoms with Crippen LogP contribution in [0, 0.1) is 12.7 Å². The van der Waals surface area contributed by atoms with Gasteiger partial charge in [-0.2, -0.15) is 0 Å². The van der Waals surface area contributed by atoms with E-state index in [0.29, 0.717) is 11.1 Å². The molecule has 0 aliphatic carbocycles. The molecule has 0 aliphatic rings. The van der Waals surface area contributed by atoms with Gasteiger partial charge in [-0.3, -0.25) is 4.79 Å². The van der Waals surface area contributed by atoms with Crippen LogP contribution < -0.4 is 10.5 Å². The molecule has 0 saturated heterocycles. The van der Waals surface area contributed by atoms with Crippen LogP contribution in [0.4, 0.5) is 4.39 Å². The molecule has 0 fully saturated rings. The van der Waals surface area contributed by atoms with Gasteiger partial charge < -0.3 is 15.6 Å². The zero-order valence-electron chi connectivity index (χ0n) is 12.3. The monoisotopic (exact) mass is 303 g/mol. The van der Waals surface area contributed by atoms with E-state index in [1.165, 1.54) is 6.07 Å². The molecule has 2 aromatic carbocycles. The topological polar surface area (TPSA) is 72.6 Å². The number of hydrogen-bond donors (Lipinski definition) is 2. The number of aliphatic carboxylic acids is 1. The fraction of sp³-hybridized carbons (Fsp3) is 0.235. The van der Waals surface area contributed by atoms with Crippen molar-refractivity contribution in [3.63, 3.8) is 0 Å². The Bertz CT molecular complexity index is 635. The fourth-order valence-electron chi connectivity index (χ4n) is 2.19. The van der Waals surface area contributed by atoms with Gasteiger partial charge in [0.05, 0.1) is 6.42 Å². The summed E-state index contributed by atoms with van der Waals surface area (Å²) < 4.78 is 19.7. The first kappa shape index (κ1) is 16.0. The Morgan fingerprint density at radius 2 is 2.00 bits per heavy atom. The molecule has 0 aliphatic heterocycles. The summed E-state index contributed by atoms with van der Waals surface area (Å²) in [7, 11) is 0. The van der Waals surface area contributed by atoms with Crippen LogP contribution in [0.25, 0.3) is 0 Å². The predicted octanol–water partition coefficient (Wildman–Crippen LogP) is 3.19. The summed E-state index contributed by atoms with van der Waals surface area (Å²) in [4.78, 5) is 10.7. The third kappa shape index (κ3) is 4.05. The highest BCUT2D eigenvalue weighted by Crippen LogP contribution is 2.28. The van der Waals surface area contributed by atoms with Crippen LogP contribution in [0.15, 0.2) is 42.5 Å². The molecule has 4 nitrogen and oxygen atoms in total. The molecule has 1 unspecified atom stereocenters. The number of aryl methyl sites for hydroxylation is 1. The van der Waals surface area contributed by atoms with E-state index in [-0.39, 0.29) is 18.8 Å². The number of benzene rings is 2. The Balaban J connectivity index is 2.14. The number of carboxylic acids is 1. The lowest BCUT2D eigenvalue weighted by molar-refractivity contribution is -0.137. The van der Waals surface area contributed by atoms with Crippen molar-refractivity contribution in [2.24, 2.45) is 5.73 Å². The third-order valence-electron chi connectivity index (χ3n) is 3.30. The molecule has 1 atom stereocenters. The van der Waals surface area contributed by atoms with Crippen molar-refractivity contribution in [2.45, 2.75) is 26.0 Å². The predicted molar refractivity (Wildman–Crippen MR) is 81.1 cm³/mol. The van der Waals surface area contributed by atoms with Gasteiger partial charge in [0.1, 0.15) is 6.61 Å². The standard InChI is InChI=1S/C17H18FNO3/c1-11-7-13(15(19)9-16(20)21)8-14(18)17(11)22-10-12-5-3-2-4-6-12/h2-8,15H,9-10,19H2,1H3,(H,20,21). The Morgan fingerprint density at radius 1 is 1.32 bits per heavy atom. The molecule has 0 saturated carbocycles. The number of rotatable bonds is 6. The van der Waals surface area contributed by atoms with Crippen LogP contribution in [0.2, 0.25) is 0 Å². The largest absolute Gasteiger partial charge is 0.486 e. The van der Waals surface area contributed by atoms with Crippen LogP contribution in [-0.4, -0.2) is 11.1 Å². The maximum absolute atomic E-state index is 14.2. The maximum atomic E-state index is 14.2. The van der Waals surface area contributed by atoms with E-state index >= 15 is 0 Å². The molecule has 5 heteroatoms. The van der Waals surface area contributed by atoms with E-state index in [9.17, 15) is 9.18 Å². The minimum Gasteiger partial charge on any atom is -0.486 e. The minimum atomic E-state index is -1.02. The number of halogens is 1. The SMILES string of the molecule is Cc1cc(C(N)CC(=O)O)cc(F)c1OCc1ccccc1. The highest BCUT2D eigenvalue weighted by molar-refractivity contribution is 5.68. The Kier molecular flexibility index (Phi) is 5.12. The fourth-order valence-corrected chi connectivity index (χ4v) is 2.19. The number of nitrogens with two attached hydrogens (primary N) is 1. The quantitative estimate of drug-likeness (QED) is 0.859. The average Bonchev–Trinajstić information content (AvgIpc) is 2.46.